The molecule has 20 heavy (non-hydrogen) atoms. The van der Waals surface area contributed by atoms with E-state index in [-0.39, 0.29) is 0 Å². The highest BCUT2D eigenvalue weighted by Gasteiger charge is 2.06. The summed E-state index contributed by atoms with van der Waals surface area (Å²) in [5, 5.41) is 1.46. The molecule has 0 N–H and O–H groups in total. The molecule has 0 saturated carbocycles. The van der Waals surface area contributed by atoms with Crippen molar-refractivity contribution < 1.29 is 0 Å². The van der Waals surface area contributed by atoms with Crippen molar-refractivity contribution in [2.45, 2.75) is 0 Å². The zero-order valence-electron chi connectivity index (χ0n) is 10.8. The Hall–Kier alpha value is -2.47. The minimum absolute atomic E-state index is 0.782. The molecule has 1 atom stereocenters. The summed E-state index contributed by atoms with van der Waals surface area (Å²) in [7, 11) is 0.782. The van der Waals surface area contributed by atoms with E-state index in [2.05, 4.69) is 72.5 Å². The molecule has 0 fully saturated rings. The molecule has 4 heteroatoms. The third-order valence-corrected chi connectivity index (χ3v) is 4.07. The fraction of sp³-hybridized carbons (Fsp3) is 0. The second kappa shape index (κ2) is 7.20. The van der Waals surface area contributed by atoms with Crippen LogP contribution in [-0.2, 0) is 0 Å². The Morgan fingerprint density at radius 2 is 1.20 bits per heavy atom. The zero-order valence-corrected chi connectivity index (χ0v) is 11.8. The highest BCUT2D eigenvalue weighted by molar-refractivity contribution is 7.33. The van der Waals surface area contributed by atoms with Gasteiger partial charge in [0, 0.05) is 5.30 Å². The maximum atomic E-state index is 6.75. The van der Waals surface area contributed by atoms with Gasteiger partial charge in [0.25, 0.3) is 0 Å². The first-order chi connectivity index (χ1) is 9.86. The predicted octanol–water partition coefficient (Wildman–Crippen LogP) is 5.92. The predicted molar refractivity (Wildman–Crippen MR) is 86.9 cm³/mol. The molecule has 0 aliphatic heterocycles. The van der Waals surface area contributed by atoms with Crippen molar-refractivity contribution in [3.63, 3.8) is 0 Å². The van der Waals surface area contributed by atoms with Gasteiger partial charge in [-0.1, -0.05) is 60.7 Å². The number of nitrogens with zero attached hydrogens (tertiary/aromatic N) is 3. The topological polar surface area (TPSA) is 58.7 Å². The summed E-state index contributed by atoms with van der Waals surface area (Å²) in [5.74, 6) is 2.27. The molecule has 98 valence electrons. The maximum Gasteiger partial charge on any atom is 0.00600 e. The molecule has 1 unspecified atom stereocenters. The number of rotatable bonds is 2. The van der Waals surface area contributed by atoms with Gasteiger partial charge in [-0.2, -0.15) is 0 Å². The molecule has 0 aliphatic rings. The molecule has 0 saturated heterocycles. The average molecular weight is 278 g/mol. The summed E-state index contributed by atoms with van der Waals surface area (Å²) in [5.41, 5.74) is 17.5. The van der Waals surface area contributed by atoms with E-state index in [1.807, 2.05) is 0 Å². The summed E-state index contributed by atoms with van der Waals surface area (Å²) in [6, 6.07) is 23.5. The lowest BCUT2D eigenvalue weighted by atomic mass is 10.0. The van der Waals surface area contributed by atoms with Crippen molar-refractivity contribution in [2.75, 3.05) is 0 Å². The molecule has 0 spiro atoms. The molecule has 0 aliphatic carbocycles. The van der Waals surface area contributed by atoms with E-state index in [4.69, 9.17) is 11.1 Å². The molecule has 0 bridgehead atoms. The van der Waals surface area contributed by atoms with Crippen LogP contribution in [-0.4, -0.2) is 0 Å². The summed E-state index contributed by atoms with van der Waals surface area (Å²) >= 11 is 0. The van der Waals surface area contributed by atoms with Crippen LogP contribution in [0.4, 0.5) is 0 Å². The first-order valence-electron chi connectivity index (χ1n) is 6.13. The van der Waals surface area contributed by atoms with Crippen molar-refractivity contribution in [1.29, 1.82) is 0 Å². The zero-order chi connectivity index (χ0) is 14.2. The van der Waals surface area contributed by atoms with Crippen molar-refractivity contribution in [2.24, 2.45) is 0 Å². The summed E-state index contributed by atoms with van der Waals surface area (Å²) in [6.45, 7) is 0. The molecular formula is C16H13N3P-. The van der Waals surface area contributed by atoms with Gasteiger partial charge in [-0.25, -0.2) is 0 Å². The normalized spacial score (nSPS) is 9.60. The van der Waals surface area contributed by atoms with E-state index >= 15 is 0 Å². The van der Waals surface area contributed by atoms with E-state index in [1.54, 1.807) is 0 Å². The lowest BCUT2D eigenvalue weighted by molar-refractivity contribution is 1.65. The Balaban J connectivity index is 0.000000452. The Labute approximate surface area is 119 Å². The SMILES string of the molecule is [N-]=[N+]=[N-].c1ccc(-c2cc[pH]c2-c2ccccc2)cc1. The van der Waals surface area contributed by atoms with Crippen molar-refractivity contribution in [3.05, 3.63) is 88.5 Å². The summed E-state index contributed by atoms with van der Waals surface area (Å²) in [4.78, 5) is 1.50. The van der Waals surface area contributed by atoms with Crippen molar-refractivity contribution in [1.82, 2.24) is 0 Å². The maximum absolute atomic E-state index is 6.75. The van der Waals surface area contributed by atoms with Gasteiger partial charge in [0.1, 0.15) is 0 Å². The van der Waals surface area contributed by atoms with Crippen LogP contribution in [0, 0.1) is 0 Å². The molecular weight excluding hydrogens is 265 g/mol. The fourth-order valence-corrected chi connectivity index (χ4v) is 3.20. The van der Waals surface area contributed by atoms with Crippen molar-refractivity contribution >= 4 is 8.19 Å². The van der Waals surface area contributed by atoms with Gasteiger partial charge in [-0.15, -0.1) is 8.19 Å². The third-order valence-electron chi connectivity index (χ3n) is 2.89. The van der Waals surface area contributed by atoms with Crippen LogP contribution in [0.2, 0.25) is 0 Å². The van der Waals surface area contributed by atoms with Gasteiger partial charge in [0.05, 0.1) is 0 Å². The highest BCUT2D eigenvalue weighted by atomic mass is 31.0. The fourth-order valence-electron chi connectivity index (χ4n) is 2.07. The highest BCUT2D eigenvalue weighted by Crippen LogP contribution is 2.39. The second-order valence-electron chi connectivity index (χ2n) is 4.09. The Bertz CT molecular complexity index is 630. The van der Waals surface area contributed by atoms with Crippen LogP contribution in [0.15, 0.2) is 72.5 Å². The molecule has 0 amide bonds. The van der Waals surface area contributed by atoms with Gasteiger partial charge in [-0.3, -0.25) is 4.91 Å². The molecule has 3 nitrogen and oxygen atoms in total. The largest absolute Gasteiger partial charge is 0.373 e. The van der Waals surface area contributed by atoms with Crippen LogP contribution in [0.3, 0.4) is 0 Å². The van der Waals surface area contributed by atoms with Crippen LogP contribution >= 0.6 is 8.19 Å². The molecule has 1 heterocycles. The Morgan fingerprint density at radius 1 is 0.700 bits per heavy atom. The van der Waals surface area contributed by atoms with Gasteiger partial charge in [0.15, 0.2) is 0 Å². The number of benzene rings is 2. The van der Waals surface area contributed by atoms with Crippen LogP contribution in [0.5, 0.6) is 0 Å². The third kappa shape index (κ3) is 3.30. The van der Waals surface area contributed by atoms with Crippen molar-refractivity contribution in [3.8, 4) is 22.0 Å². The molecule has 3 rings (SSSR count). The molecule has 3 aromatic rings. The van der Waals surface area contributed by atoms with E-state index in [9.17, 15) is 0 Å². The van der Waals surface area contributed by atoms with Gasteiger partial charge < -0.3 is 11.1 Å². The van der Waals surface area contributed by atoms with E-state index in [0.29, 0.717) is 0 Å². The lowest BCUT2D eigenvalue weighted by Gasteiger charge is -2.04. The Morgan fingerprint density at radius 3 is 1.75 bits per heavy atom. The van der Waals surface area contributed by atoms with Gasteiger partial charge in [-0.05, 0) is 28.6 Å². The van der Waals surface area contributed by atoms with E-state index < -0.39 is 0 Å². The smallest absolute Gasteiger partial charge is 0.00600 e. The van der Waals surface area contributed by atoms with E-state index in [1.165, 1.54) is 26.9 Å². The van der Waals surface area contributed by atoms with E-state index in [0.717, 1.165) is 8.19 Å². The van der Waals surface area contributed by atoms with Gasteiger partial charge in [0.2, 0.25) is 0 Å². The summed E-state index contributed by atoms with van der Waals surface area (Å²) in [6.07, 6.45) is 0. The first-order valence-corrected chi connectivity index (χ1v) is 7.21. The minimum Gasteiger partial charge on any atom is -0.373 e. The monoisotopic (exact) mass is 278 g/mol. The molecule has 1 aromatic heterocycles. The Kier molecular flexibility index (Phi) is 5.02. The second-order valence-corrected chi connectivity index (χ2v) is 5.21. The van der Waals surface area contributed by atoms with Crippen LogP contribution in [0.1, 0.15) is 0 Å². The standard InChI is InChI=1S/C16H13P.N3/c1-3-7-13(8-4-1)15-11-12-17-16(15)14-9-5-2-6-10-14;1-3-2/h1-12,17H;/q;-1. The number of hydrogen-bond acceptors (Lipinski definition) is 0. The minimum atomic E-state index is 0.782. The van der Waals surface area contributed by atoms with Gasteiger partial charge >= 0.3 is 0 Å². The lowest BCUT2D eigenvalue weighted by Crippen LogP contribution is -1.77. The van der Waals surface area contributed by atoms with Crippen LogP contribution in [0.25, 0.3) is 38.0 Å². The number of hydrogen-bond donors (Lipinski definition) is 0. The molecule has 2 aromatic carbocycles. The summed E-state index contributed by atoms with van der Waals surface area (Å²) < 4.78 is 0. The molecule has 0 radical (unpaired) electrons. The quantitative estimate of drug-likeness (QED) is 0.317. The van der Waals surface area contributed by atoms with Crippen LogP contribution < -0.4 is 0 Å². The first kappa shape index (κ1) is 14.0. The average Bonchev–Trinajstić information content (AvgIpc) is 2.99.